The van der Waals surface area contributed by atoms with Gasteiger partial charge >= 0.3 is 5.91 Å². The third-order valence-corrected chi connectivity index (χ3v) is 3.73. The summed E-state index contributed by atoms with van der Waals surface area (Å²) in [6.07, 6.45) is 1.56. The van der Waals surface area contributed by atoms with Crippen LogP contribution in [0.4, 0.5) is 0 Å². The molecule has 3 aromatic rings. The molecule has 0 fully saturated rings. The molecular weight excluding hydrogens is 316 g/mol. The molecule has 7 nitrogen and oxygen atoms in total. The molecule has 1 aromatic carbocycles. The molecule has 0 saturated carbocycles. The molecule has 0 atom stereocenters. The normalized spacial score (nSPS) is 10.6. The van der Waals surface area contributed by atoms with E-state index in [1.807, 2.05) is 38.1 Å². The zero-order chi connectivity index (χ0) is 17.8. The van der Waals surface area contributed by atoms with Gasteiger partial charge in [-0.05, 0) is 38.3 Å². The second kappa shape index (κ2) is 7.12. The molecule has 25 heavy (non-hydrogen) atoms. The summed E-state index contributed by atoms with van der Waals surface area (Å²) in [5.74, 6) is 0.0403. The smallest absolute Gasteiger partial charge is 0.303 e. The maximum absolute atomic E-state index is 12.2. The summed E-state index contributed by atoms with van der Waals surface area (Å²) in [6, 6.07) is 12.0. The third-order valence-electron chi connectivity index (χ3n) is 3.73. The van der Waals surface area contributed by atoms with Crippen molar-refractivity contribution >= 4 is 11.7 Å². The molecule has 0 aliphatic rings. The number of carbonyl (C=O) groups is 1. The van der Waals surface area contributed by atoms with Crippen LogP contribution in [0.5, 0.6) is 0 Å². The lowest BCUT2D eigenvalue weighted by Crippen LogP contribution is -2.37. The predicted octanol–water partition coefficient (Wildman–Crippen LogP) is 2.12. The van der Waals surface area contributed by atoms with E-state index < -0.39 is 5.91 Å². The summed E-state index contributed by atoms with van der Waals surface area (Å²) in [7, 11) is 0. The lowest BCUT2D eigenvalue weighted by atomic mass is 10.1. The molecule has 0 spiro atoms. The van der Waals surface area contributed by atoms with Gasteiger partial charge in [0.15, 0.2) is 0 Å². The molecular formula is C18H20N6O. The van der Waals surface area contributed by atoms with Gasteiger partial charge in [0, 0.05) is 17.1 Å². The Morgan fingerprint density at radius 2 is 1.92 bits per heavy atom. The summed E-state index contributed by atoms with van der Waals surface area (Å²) < 4.78 is 1.55. The fourth-order valence-electron chi connectivity index (χ4n) is 2.47. The first-order valence-electron chi connectivity index (χ1n) is 8.02. The number of aromatic nitrogens is 4. The number of rotatable bonds is 6. The van der Waals surface area contributed by atoms with Gasteiger partial charge in [-0.25, -0.2) is 9.50 Å². The highest BCUT2D eigenvalue weighted by Gasteiger charge is 2.14. The van der Waals surface area contributed by atoms with Gasteiger partial charge < -0.3 is 5.43 Å². The summed E-state index contributed by atoms with van der Waals surface area (Å²) in [4.78, 5) is 20.6. The van der Waals surface area contributed by atoms with E-state index in [1.165, 1.54) is 5.56 Å². The number of hydrazine groups is 1. The highest BCUT2D eigenvalue weighted by Crippen LogP contribution is 2.06. The van der Waals surface area contributed by atoms with Crippen LogP contribution >= 0.6 is 0 Å². The predicted molar refractivity (Wildman–Crippen MR) is 94.8 cm³/mol. The SMILES string of the molecule is C=C(CCc1ccccc1)NNC(=O)c1nc2nc(C)cc(C)n2n1. The van der Waals surface area contributed by atoms with Gasteiger partial charge in [-0.3, -0.25) is 10.2 Å². The number of nitrogens with one attached hydrogen (secondary N) is 2. The Bertz CT molecular complexity index is 916. The molecule has 0 unspecified atom stereocenters. The number of benzene rings is 1. The van der Waals surface area contributed by atoms with Crippen molar-refractivity contribution in [1.82, 2.24) is 30.4 Å². The Morgan fingerprint density at radius 1 is 1.16 bits per heavy atom. The van der Waals surface area contributed by atoms with E-state index in [1.54, 1.807) is 4.52 Å². The Kier molecular flexibility index (Phi) is 4.74. The number of nitrogens with zero attached hydrogens (tertiary/aromatic N) is 4. The van der Waals surface area contributed by atoms with Gasteiger partial charge in [-0.15, -0.1) is 5.10 Å². The Labute approximate surface area is 145 Å². The van der Waals surface area contributed by atoms with Crippen LogP contribution in [0.3, 0.4) is 0 Å². The maximum atomic E-state index is 12.2. The molecule has 2 aromatic heterocycles. The molecule has 0 aliphatic heterocycles. The second-order valence-electron chi connectivity index (χ2n) is 5.85. The number of allylic oxidation sites excluding steroid dienone is 1. The zero-order valence-corrected chi connectivity index (χ0v) is 14.3. The molecule has 3 rings (SSSR count). The topological polar surface area (TPSA) is 84.2 Å². The van der Waals surface area contributed by atoms with E-state index in [-0.39, 0.29) is 5.82 Å². The molecule has 2 N–H and O–H groups in total. The van der Waals surface area contributed by atoms with Crippen LogP contribution in [0.15, 0.2) is 48.7 Å². The number of hydrogen-bond acceptors (Lipinski definition) is 5. The van der Waals surface area contributed by atoms with Crippen molar-refractivity contribution in [2.45, 2.75) is 26.7 Å². The highest BCUT2D eigenvalue weighted by molar-refractivity contribution is 5.90. The molecule has 7 heteroatoms. The lowest BCUT2D eigenvalue weighted by molar-refractivity contribution is 0.0928. The molecule has 0 aliphatic carbocycles. The van der Waals surface area contributed by atoms with Crippen LogP contribution in [-0.2, 0) is 6.42 Å². The average Bonchev–Trinajstić information content (AvgIpc) is 3.03. The van der Waals surface area contributed by atoms with Gasteiger partial charge in [0.2, 0.25) is 5.82 Å². The fraction of sp³-hybridized carbons (Fsp3) is 0.222. The summed E-state index contributed by atoms with van der Waals surface area (Å²) in [6.45, 7) is 7.68. The van der Waals surface area contributed by atoms with Crippen LogP contribution in [0.1, 0.15) is 34.0 Å². The fourth-order valence-corrected chi connectivity index (χ4v) is 2.47. The number of aryl methyl sites for hydroxylation is 3. The Hall–Kier alpha value is -3.22. The number of carbonyl (C=O) groups excluding carboxylic acids is 1. The van der Waals surface area contributed by atoms with Crippen molar-refractivity contribution in [2.24, 2.45) is 0 Å². The second-order valence-corrected chi connectivity index (χ2v) is 5.85. The van der Waals surface area contributed by atoms with E-state index >= 15 is 0 Å². The van der Waals surface area contributed by atoms with E-state index in [0.29, 0.717) is 17.9 Å². The van der Waals surface area contributed by atoms with Gasteiger partial charge in [0.25, 0.3) is 5.78 Å². The van der Waals surface area contributed by atoms with Crippen molar-refractivity contribution in [3.8, 4) is 0 Å². The highest BCUT2D eigenvalue weighted by atomic mass is 16.2. The monoisotopic (exact) mass is 336 g/mol. The van der Waals surface area contributed by atoms with Gasteiger partial charge in [0.1, 0.15) is 0 Å². The molecule has 2 heterocycles. The van der Waals surface area contributed by atoms with Crippen molar-refractivity contribution in [1.29, 1.82) is 0 Å². The largest absolute Gasteiger partial charge is 0.309 e. The van der Waals surface area contributed by atoms with Crippen LogP contribution < -0.4 is 10.9 Å². The number of fused-ring (bicyclic) bond motifs is 1. The van der Waals surface area contributed by atoms with Crippen molar-refractivity contribution in [3.63, 3.8) is 0 Å². The first-order chi connectivity index (χ1) is 12.0. The third kappa shape index (κ3) is 4.00. The molecule has 0 saturated heterocycles. The maximum Gasteiger partial charge on any atom is 0.309 e. The van der Waals surface area contributed by atoms with Crippen molar-refractivity contribution < 1.29 is 4.79 Å². The minimum absolute atomic E-state index is 0.0598. The van der Waals surface area contributed by atoms with E-state index in [0.717, 1.165) is 17.8 Å². The molecule has 0 bridgehead atoms. The molecule has 0 radical (unpaired) electrons. The lowest BCUT2D eigenvalue weighted by Gasteiger charge is -2.09. The molecule has 1 amide bonds. The number of amides is 1. The van der Waals surface area contributed by atoms with Crippen LogP contribution in [-0.4, -0.2) is 25.5 Å². The molecule has 128 valence electrons. The average molecular weight is 336 g/mol. The van der Waals surface area contributed by atoms with Gasteiger partial charge in [0.05, 0.1) is 0 Å². The van der Waals surface area contributed by atoms with Gasteiger partial charge in [-0.1, -0.05) is 36.9 Å². The summed E-state index contributed by atoms with van der Waals surface area (Å²) in [5.41, 5.74) is 9.03. The van der Waals surface area contributed by atoms with Gasteiger partial charge in [-0.2, -0.15) is 4.98 Å². The van der Waals surface area contributed by atoms with Crippen LogP contribution in [0.25, 0.3) is 5.78 Å². The number of hydrogen-bond donors (Lipinski definition) is 2. The van der Waals surface area contributed by atoms with Crippen LogP contribution in [0.2, 0.25) is 0 Å². The van der Waals surface area contributed by atoms with Crippen LogP contribution in [0, 0.1) is 13.8 Å². The first kappa shape index (κ1) is 16.6. The Balaban J connectivity index is 1.57. The minimum Gasteiger partial charge on any atom is -0.303 e. The van der Waals surface area contributed by atoms with E-state index in [2.05, 4.69) is 44.6 Å². The minimum atomic E-state index is -0.427. The summed E-state index contributed by atoms with van der Waals surface area (Å²) in [5, 5.41) is 4.19. The zero-order valence-electron chi connectivity index (χ0n) is 14.3. The van der Waals surface area contributed by atoms with Crippen molar-refractivity contribution in [2.75, 3.05) is 0 Å². The van der Waals surface area contributed by atoms with E-state index in [9.17, 15) is 4.79 Å². The first-order valence-corrected chi connectivity index (χ1v) is 8.02. The quantitative estimate of drug-likeness (QED) is 0.674. The van der Waals surface area contributed by atoms with Crippen molar-refractivity contribution in [3.05, 3.63) is 71.4 Å². The Morgan fingerprint density at radius 3 is 2.68 bits per heavy atom. The van der Waals surface area contributed by atoms with E-state index in [4.69, 9.17) is 0 Å². The standard InChI is InChI=1S/C18H20N6O/c1-12(9-10-15-7-5-4-6-8-15)21-22-17(25)16-20-18-19-13(2)11-14(3)24(18)23-16/h4-8,11,21H,1,9-10H2,2-3H3,(H,22,25). The summed E-state index contributed by atoms with van der Waals surface area (Å²) >= 11 is 0.